The molecule has 1 aliphatic rings. The van der Waals surface area contributed by atoms with Gasteiger partial charge in [0.05, 0.1) is 12.7 Å². The third-order valence-corrected chi connectivity index (χ3v) is 4.71. The first-order valence-corrected chi connectivity index (χ1v) is 8.71. The molecule has 5 nitrogen and oxygen atoms in total. The van der Waals surface area contributed by atoms with Crippen molar-refractivity contribution in [1.29, 1.82) is 0 Å². The summed E-state index contributed by atoms with van der Waals surface area (Å²) < 4.78 is 5.20. The highest BCUT2D eigenvalue weighted by Crippen LogP contribution is 2.14. The van der Waals surface area contributed by atoms with Crippen molar-refractivity contribution in [3.05, 3.63) is 59.0 Å². The van der Waals surface area contributed by atoms with Crippen LogP contribution in [-0.2, 0) is 11.2 Å². The normalized spacial score (nSPS) is 15.1. The SMILES string of the molecule is Cc1ccc(C)c(CC(=O)N2CCCN(C(=O)c3ccco3)CC2)c1. The predicted octanol–water partition coefficient (Wildman–Crippen LogP) is 2.81. The maximum atomic E-state index is 12.7. The molecule has 1 aliphatic heterocycles. The molecule has 0 unspecified atom stereocenters. The van der Waals surface area contributed by atoms with E-state index in [0.717, 1.165) is 17.5 Å². The second-order valence-corrected chi connectivity index (χ2v) is 6.61. The van der Waals surface area contributed by atoms with Crippen LogP contribution in [0.1, 0.15) is 33.7 Å². The first-order valence-electron chi connectivity index (χ1n) is 8.71. The van der Waals surface area contributed by atoms with Gasteiger partial charge in [0.2, 0.25) is 5.91 Å². The molecule has 2 heterocycles. The maximum absolute atomic E-state index is 12.7. The second-order valence-electron chi connectivity index (χ2n) is 6.61. The van der Waals surface area contributed by atoms with Gasteiger partial charge < -0.3 is 14.2 Å². The van der Waals surface area contributed by atoms with E-state index in [0.29, 0.717) is 38.4 Å². The second kappa shape index (κ2) is 7.55. The van der Waals surface area contributed by atoms with Crippen LogP contribution < -0.4 is 0 Å². The van der Waals surface area contributed by atoms with Crippen LogP contribution in [0.25, 0.3) is 0 Å². The zero-order chi connectivity index (χ0) is 17.8. The molecular formula is C20H24N2O3. The Hall–Kier alpha value is -2.56. The number of carbonyl (C=O) groups excluding carboxylic acids is 2. The third-order valence-electron chi connectivity index (χ3n) is 4.71. The third kappa shape index (κ3) is 4.10. The van der Waals surface area contributed by atoms with Crippen molar-refractivity contribution < 1.29 is 14.0 Å². The number of nitrogens with zero attached hydrogens (tertiary/aromatic N) is 2. The zero-order valence-corrected chi connectivity index (χ0v) is 14.8. The molecule has 2 amide bonds. The molecule has 132 valence electrons. The van der Waals surface area contributed by atoms with E-state index in [1.807, 2.05) is 18.7 Å². The van der Waals surface area contributed by atoms with Gasteiger partial charge in [-0.1, -0.05) is 23.8 Å². The minimum Gasteiger partial charge on any atom is -0.459 e. The van der Waals surface area contributed by atoms with E-state index in [9.17, 15) is 9.59 Å². The Bertz CT molecular complexity index is 752. The molecule has 1 fully saturated rings. The summed E-state index contributed by atoms with van der Waals surface area (Å²) in [7, 11) is 0. The Morgan fingerprint density at radius 3 is 2.56 bits per heavy atom. The zero-order valence-electron chi connectivity index (χ0n) is 14.8. The van der Waals surface area contributed by atoms with E-state index in [4.69, 9.17) is 4.42 Å². The Balaban J connectivity index is 1.61. The van der Waals surface area contributed by atoms with Gasteiger partial charge in [-0.25, -0.2) is 0 Å². The van der Waals surface area contributed by atoms with Crippen molar-refractivity contribution in [2.24, 2.45) is 0 Å². The van der Waals surface area contributed by atoms with E-state index in [-0.39, 0.29) is 11.8 Å². The van der Waals surface area contributed by atoms with Crippen LogP contribution in [0.2, 0.25) is 0 Å². The van der Waals surface area contributed by atoms with Gasteiger partial charge in [-0.05, 0) is 43.5 Å². The first kappa shape index (κ1) is 17.3. The van der Waals surface area contributed by atoms with Crippen LogP contribution in [0, 0.1) is 13.8 Å². The number of hydrogen-bond donors (Lipinski definition) is 0. The largest absolute Gasteiger partial charge is 0.459 e. The highest BCUT2D eigenvalue weighted by atomic mass is 16.3. The summed E-state index contributed by atoms with van der Waals surface area (Å²) in [5.41, 5.74) is 3.39. The summed E-state index contributed by atoms with van der Waals surface area (Å²) in [5, 5.41) is 0. The number of aryl methyl sites for hydroxylation is 2. The van der Waals surface area contributed by atoms with Crippen LogP contribution in [0.4, 0.5) is 0 Å². The van der Waals surface area contributed by atoms with Gasteiger partial charge in [0.25, 0.3) is 5.91 Å². The molecule has 1 aromatic heterocycles. The van der Waals surface area contributed by atoms with E-state index < -0.39 is 0 Å². The van der Waals surface area contributed by atoms with Gasteiger partial charge in [0.15, 0.2) is 5.76 Å². The molecule has 0 radical (unpaired) electrons. The number of furan rings is 1. The molecule has 5 heteroatoms. The molecule has 0 atom stereocenters. The summed E-state index contributed by atoms with van der Waals surface area (Å²) >= 11 is 0. The topological polar surface area (TPSA) is 53.8 Å². The summed E-state index contributed by atoms with van der Waals surface area (Å²) in [6.07, 6.45) is 2.70. The molecule has 0 bridgehead atoms. The van der Waals surface area contributed by atoms with Crippen LogP contribution >= 0.6 is 0 Å². The smallest absolute Gasteiger partial charge is 0.289 e. The number of hydrogen-bond acceptors (Lipinski definition) is 3. The van der Waals surface area contributed by atoms with Crippen LogP contribution in [0.5, 0.6) is 0 Å². The average molecular weight is 340 g/mol. The van der Waals surface area contributed by atoms with Gasteiger partial charge in [-0.15, -0.1) is 0 Å². The number of amides is 2. The molecular weight excluding hydrogens is 316 g/mol. The summed E-state index contributed by atoms with van der Waals surface area (Å²) in [4.78, 5) is 28.7. The van der Waals surface area contributed by atoms with Gasteiger partial charge >= 0.3 is 0 Å². The van der Waals surface area contributed by atoms with E-state index in [1.54, 1.807) is 17.0 Å². The number of carbonyl (C=O) groups is 2. The highest BCUT2D eigenvalue weighted by molar-refractivity contribution is 5.91. The predicted molar refractivity (Wildman–Crippen MR) is 95.4 cm³/mol. The number of benzene rings is 1. The fraction of sp³-hybridized carbons (Fsp3) is 0.400. The monoisotopic (exact) mass is 340 g/mol. The Labute approximate surface area is 148 Å². The van der Waals surface area contributed by atoms with Crippen molar-refractivity contribution in [2.75, 3.05) is 26.2 Å². The molecule has 25 heavy (non-hydrogen) atoms. The van der Waals surface area contributed by atoms with Crippen LogP contribution in [0.3, 0.4) is 0 Å². The van der Waals surface area contributed by atoms with Gasteiger partial charge in [0.1, 0.15) is 0 Å². The summed E-state index contributed by atoms with van der Waals surface area (Å²) in [6.45, 7) is 6.51. The van der Waals surface area contributed by atoms with E-state index in [1.165, 1.54) is 11.8 Å². The fourth-order valence-corrected chi connectivity index (χ4v) is 3.19. The Kier molecular flexibility index (Phi) is 5.22. The minimum absolute atomic E-state index is 0.103. The lowest BCUT2D eigenvalue weighted by Gasteiger charge is -2.22. The maximum Gasteiger partial charge on any atom is 0.289 e. The van der Waals surface area contributed by atoms with Crippen molar-refractivity contribution in [3.63, 3.8) is 0 Å². The fourth-order valence-electron chi connectivity index (χ4n) is 3.19. The highest BCUT2D eigenvalue weighted by Gasteiger charge is 2.24. The van der Waals surface area contributed by atoms with Crippen molar-refractivity contribution >= 4 is 11.8 Å². The van der Waals surface area contributed by atoms with Crippen molar-refractivity contribution in [2.45, 2.75) is 26.7 Å². The quantitative estimate of drug-likeness (QED) is 0.863. The van der Waals surface area contributed by atoms with Crippen LogP contribution in [0.15, 0.2) is 41.0 Å². The Morgan fingerprint density at radius 2 is 1.80 bits per heavy atom. The van der Waals surface area contributed by atoms with Crippen molar-refractivity contribution in [3.8, 4) is 0 Å². The van der Waals surface area contributed by atoms with E-state index >= 15 is 0 Å². The Morgan fingerprint density at radius 1 is 1.04 bits per heavy atom. The number of rotatable bonds is 3. The standard InChI is InChI=1S/C20H24N2O3/c1-15-6-7-16(2)17(13-15)14-19(23)21-8-4-9-22(11-10-21)20(24)18-5-3-12-25-18/h3,5-7,12-13H,4,8-11,14H2,1-2H3. The minimum atomic E-state index is -0.103. The molecule has 0 aliphatic carbocycles. The molecule has 0 spiro atoms. The van der Waals surface area contributed by atoms with Crippen LogP contribution in [-0.4, -0.2) is 47.8 Å². The van der Waals surface area contributed by atoms with Gasteiger partial charge in [-0.2, -0.15) is 0 Å². The lowest BCUT2D eigenvalue weighted by Crippen LogP contribution is -2.38. The lowest BCUT2D eigenvalue weighted by atomic mass is 10.0. The summed E-state index contributed by atoms with van der Waals surface area (Å²) in [6, 6.07) is 9.59. The molecule has 0 saturated carbocycles. The van der Waals surface area contributed by atoms with Crippen molar-refractivity contribution in [1.82, 2.24) is 9.80 Å². The molecule has 1 aromatic carbocycles. The first-order chi connectivity index (χ1) is 12.0. The average Bonchev–Trinajstić information content (AvgIpc) is 3.02. The van der Waals surface area contributed by atoms with E-state index in [2.05, 4.69) is 18.2 Å². The molecule has 3 rings (SSSR count). The molecule has 2 aromatic rings. The molecule has 0 N–H and O–H groups in total. The lowest BCUT2D eigenvalue weighted by molar-refractivity contribution is -0.130. The molecule has 1 saturated heterocycles. The van der Waals surface area contributed by atoms with Gasteiger partial charge in [0, 0.05) is 26.2 Å². The summed E-state index contributed by atoms with van der Waals surface area (Å²) in [5.74, 6) is 0.380. The van der Waals surface area contributed by atoms with Gasteiger partial charge in [-0.3, -0.25) is 9.59 Å².